The van der Waals surface area contributed by atoms with Gasteiger partial charge in [0.2, 0.25) is 0 Å². The van der Waals surface area contributed by atoms with Gasteiger partial charge >= 0.3 is 0 Å². The number of aryl methyl sites for hydroxylation is 2. The summed E-state index contributed by atoms with van der Waals surface area (Å²) in [5, 5.41) is 0.742. The topological polar surface area (TPSA) is 51.0 Å². The van der Waals surface area contributed by atoms with Crippen molar-refractivity contribution in [3.05, 3.63) is 84.5 Å². The molecule has 4 rings (SSSR count). The van der Waals surface area contributed by atoms with Crippen LogP contribution >= 0.6 is 11.3 Å². The monoisotopic (exact) mass is 416 g/mol. The second kappa shape index (κ2) is 9.50. The van der Waals surface area contributed by atoms with Gasteiger partial charge in [0, 0.05) is 31.6 Å². The number of fused-ring (bicyclic) bond motifs is 1. The third-order valence-electron chi connectivity index (χ3n) is 4.92. The van der Waals surface area contributed by atoms with Crippen LogP contribution in [0.5, 0.6) is 0 Å². The molecule has 0 saturated heterocycles. The van der Waals surface area contributed by atoms with Crippen LogP contribution in [-0.4, -0.2) is 27.0 Å². The van der Waals surface area contributed by atoms with Crippen molar-refractivity contribution in [2.45, 2.75) is 26.3 Å². The number of amides is 1. The SMILES string of the molecule is CCc1ccc2nc(N(CCCn3ccnc3)C(=O)/C=C/c3ccccc3)sc2c1. The standard InChI is InChI=1S/C24H24N4OS/c1-2-19-9-11-21-22(17-19)30-24(26-21)28(15-6-14-27-16-13-25-18-27)23(29)12-10-20-7-4-3-5-8-20/h3-5,7-13,16-18H,2,6,14-15H2,1H3/b12-10+. The van der Waals surface area contributed by atoms with Gasteiger partial charge in [0.05, 0.1) is 16.5 Å². The number of hydrogen-bond donors (Lipinski definition) is 0. The third kappa shape index (κ3) is 4.83. The molecule has 0 aliphatic carbocycles. The van der Waals surface area contributed by atoms with E-state index in [0.717, 1.165) is 40.3 Å². The molecule has 6 heteroatoms. The van der Waals surface area contributed by atoms with E-state index in [2.05, 4.69) is 24.0 Å². The van der Waals surface area contributed by atoms with Crippen molar-refractivity contribution >= 4 is 38.7 Å². The van der Waals surface area contributed by atoms with E-state index in [0.29, 0.717) is 6.54 Å². The van der Waals surface area contributed by atoms with Gasteiger partial charge in [-0.05, 0) is 42.2 Å². The van der Waals surface area contributed by atoms with Gasteiger partial charge in [0.1, 0.15) is 0 Å². The Morgan fingerprint density at radius 2 is 2.07 bits per heavy atom. The number of anilines is 1. The summed E-state index contributed by atoms with van der Waals surface area (Å²) in [4.78, 5) is 23.7. The van der Waals surface area contributed by atoms with Gasteiger partial charge in [0.25, 0.3) is 5.91 Å². The summed E-state index contributed by atoms with van der Waals surface area (Å²) in [5.41, 5.74) is 3.22. The average Bonchev–Trinajstić information content (AvgIpc) is 3.44. The van der Waals surface area contributed by atoms with Crippen LogP contribution in [-0.2, 0) is 17.8 Å². The third-order valence-corrected chi connectivity index (χ3v) is 5.96. The Hall–Kier alpha value is -3.25. The summed E-state index contributed by atoms with van der Waals surface area (Å²) in [7, 11) is 0. The lowest BCUT2D eigenvalue weighted by atomic mass is 10.2. The highest BCUT2D eigenvalue weighted by Gasteiger charge is 2.18. The smallest absolute Gasteiger partial charge is 0.252 e. The normalized spacial score (nSPS) is 11.4. The molecule has 0 atom stereocenters. The summed E-state index contributed by atoms with van der Waals surface area (Å²) in [6.45, 7) is 3.54. The van der Waals surface area contributed by atoms with Crippen LogP contribution in [0.15, 0.2) is 73.3 Å². The van der Waals surface area contributed by atoms with Crippen LogP contribution in [0, 0.1) is 0 Å². The van der Waals surface area contributed by atoms with Crippen molar-refractivity contribution in [2.24, 2.45) is 0 Å². The van der Waals surface area contributed by atoms with Gasteiger partial charge in [-0.15, -0.1) is 0 Å². The van der Waals surface area contributed by atoms with E-state index in [1.807, 2.05) is 53.2 Å². The van der Waals surface area contributed by atoms with Crippen LogP contribution in [0.1, 0.15) is 24.5 Å². The van der Waals surface area contributed by atoms with Crippen molar-refractivity contribution in [1.29, 1.82) is 0 Å². The number of hydrogen-bond acceptors (Lipinski definition) is 4. The fourth-order valence-electron chi connectivity index (χ4n) is 3.24. The lowest BCUT2D eigenvalue weighted by Gasteiger charge is -2.18. The number of rotatable bonds is 8. The van der Waals surface area contributed by atoms with Gasteiger partial charge in [-0.3, -0.25) is 9.69 Å². The number of imidazole rings is 1. The minimum absolute atomic E-state index is 0.0562. The van der Waals surface area contributed by atoms with Crippen LogP contribution in [0.25, 0.3) is 16.3 Å². The van der Waals surface area contributed by atoms with Gasteiger partial charge in [0.15, 0.2) is 5.13 Å². The summed E-state index contributed by atoms with van der Waals surface area (Å²) in [6.07, 6.45) is 10.8. The lowest BCUT2D eigenvalue weighted by Crippen LogP contribution is -2.30. The molecule has 2 heterocycles. The second-order valence-corrected chi connectivity index (χ2v) is 8.05. The fourth-order valence-corrected chi connectivity index (χ4v) is 4.31. The first-order valence-electron chi connectivity index (χ1n) is 10.1. The fraction of sp³-hybridized carbons (Fsp3) is 0.208. The number of nitrogens with zero attached hydrogens (tertiary/aromatic N) is 4. The summed E-state index contributed by atoms with van der Waals surface area (Å²) >= 11 is 1.57. The molecule has 30 heavy (non-hydrogen) atoms. The molecule has 152 valence electrons. The molecule has 0 saturated carbocycles. The highest BCUT2D eigenvalue weighted by atomic mass is 32.1. The van der Waals surface area contributed by atoms with Crippen LogP contribution in [0.4, 0.5) is 5.13 Å². The molecule has 0 aliphatic heterocycles. The molecule has 0 N–H and O–H groups in total. The first-order chi connectivity index (χ1) is 14.7. The van der Waals surface area contributed by atoms with Crippen LogP contribution in [0.2, 0.25) is 0 Å². The molecular weight excluding hydrogens is 392 g/mol. The van der Waals surface area contributed by atoms with E-state index in [1.165, 1.54) is 5.56 Å². The maximum Gasteiger partial charge on any atom is 0.252 e. The van der Waals surface area contributed by atoms with E-state index < -0.39 is 0 Å². The minimum atomic E-state index is -0.0562. The Bertz CT molecular complexity index is 1130. The zero-order valence-corrected chi connectivity index (χ0v) is 17.8. The zero-order valence-electron chi connectivity index (χ0n) is 16.9. The number of aromatic nitrogens is 3. The number of thiazole rings is 1. The molecule has 0 radical (unpaired) electrons. The molecule has 5 nitrogen and oxygen atoms in total. The number of carbonyl (C=O) groups is 1. The minimum Gasteiger partial charge on any atom is -0.337 e. The molecule has 0 unspecified atom stereocenters. The van der Waals surface area contributed by atoms with E-state index >= 15 is 0 Å². The Morgan fingerprint density at radius 3 is 2.83 bits per heavy atom. The molecule has 0 fully saturated rings. The maximum absolute atomic E-state index is 13.1. The quantitative estimate of drug-likeness (QED) is 0.371. The van der Waals surface area contributed by atoms with Crippen molar-refractivity contribution < 1.29 is 4.79 Å². The van der Waals surface area contributed by atoms with Crippen molar-refractivity contribution in [1.82, 2.24) is 14.5 Å². The van der Waals surface area contributed by atoms with E-state index in [9.17, 15) is 4.79 Å². The molecule has 1 amide bonds. The molecule has 2 aromatic heterocycles. The average molecular weight is 417 g/mol. The Morgan fingerprint density at radius 1 is 1.20 bits per heavy atom. The maximum atomic E-state index is 13.1. The Balaban J connectivity index is 1.57. The molecule has 0 aliphatic rings. The molecular formula is C24H24N4OS. The number of benzene rings is 2. The van der Waals surface area contributed by atoms with Crippen LogP contribution < -0.4 is 4.90 Å². The second-order valence-electron chi connectivity index (χ2n) is 7.04. The Kier molecular flexibility index (Phi) is 6.35. The predicted octanol–water partition coefficient (Wildman–Crippen LogP) is 5.19. The van der Waals surface area contributed by atoms with Gasteiger partial charge in [-0.25, -0.2) is 9.97 Å². The summed E-state index contributed by atoms with van der Waals surface area (Å²) < 4.78 is 3.14. The first-order valence-corrected chi connectivity index (χ1v) is 10.9. The highest BCUT2D eigenvalue weighted by Crippen LogP contribution is 2.30. The summed E-state index contributed by atoms with van der Waals surface area (Å²) in [5.74, 6) is -0.0562. The van der Waals surface area contributed by atoms with E-state index in [1.54, 1.807) is 34.8 Å². The van der Waals surface area contributed by atoms with Gasteiger partial charge in [-0.2, -0.15) is 0 Å². The lowest BCUT2D eigenvalue weighted by molar-refractivity contribution is -0.114. The molecule has 4 aromatic rings. The Labute approximate surface area is 180 Å². The highest BCUT2D eigenvalue weighted by molar-refractivity contribution is 7.22. The zero-order chi connectivity index (χ0) is 20.8. The van der Waals surface area contributed by atoms with E-state index in [4.69, 9.17) is 4.98 Å². The summed E-state index contributed by atoms with van der Waals surface area (Å²) in [6, 6.07) is 16.2. The van der Waals surface area contributed by atoms with E-state index in [-0.39, 0.29) is 5.91 Å². The van der Waals surface area contributed by atoms with Crippen molar-refractivity contribution in [3.63, 3.8) is 0 Å². The predicted molar refractivity (Wildman–Crippen MR) is 124 cm³/mol. The molecule has 2 aromatic carbocycles. The largest absolute Gasteiger partial charge is 0.337 e. The first kappa shape index (κ1) is 20.0. The van der Waals surface area contributed by atoms with Crippen molar-refractivity contribution in [2.75, 3.05) is 11.4 Å². The number of carbonyl (C=O) groups excluding carboxylic acids is 1. The van der Waals surface area contributed by atoms with Gasteiger partial charge < -0.3 is 4.57 Å². The van der Waals surface area contributed by atoms with Crippen LogP contribution in [0.3, 0.4) is 0 Å². The molecule has 0 bridgehead atoms. The molecule has 0 spiro atoms. The van der Waals surface area contributed by atoms with Crippen molar-refractivity contribution in [3.8, 4) is 0 Å². The van der Waals surface area contributed by atoms with Gasteiger partial charge in [-0.1, -0.05) is 54.7 Å².